The SMILES string of the molecule is O=C(Nc1cccc(C2OC(=O)N(Cc3ccc(F)cc3)C2C(=O)O)c1)c1ccccc1. The first-order valence-corrected chi connectivity index (χ1v) is 9.83. The van der Waals surface area contributed by atoms with Gasteiger partial charge in [0.05, 0.1) is 6.54 Å². The van der Waals surface area contributed by atoms with E-state index >= 15 is 0 Å². The number of aliphatic carboxylic acids is 1. The van der Waals surface area contributed by atoms with Crippen molar-refractivity contribution in [2.45, 2.75) is 18.7 Å². The van der Waals surface area contributed by atoms with Crippen molar-refractivity contribution in [1.82, 2.24) is 4.90 Å². The summed E-state index contributed by atoms with van der Waals surface area (Å²) < 4.78 is 18.6. The van der Waals surface area contributed by atoms with E-state index in [1.807, 2.05) is 0 Å². The van der Waals surface area contributed by atoms with Gasteiger partial charge in [-0.1, -0.05) is 42.5 Å². The van der Waals surface area contributed by atoms with E-state index in [-0.39, 0.29) is 12.5 Å². The van der Waals surface area contributed by atoms with Crippen molar-refractivity contribution in [3.63, 3.8) is 0 Å². The van der Waals surface area contributed by atoms with Gasteiger partial charge >= 0.3 is 12.1 Å². The second-order valence-corrected chi connectivity index (χ2v) is 7.29. The molecule has 3 aromatic rings. The van der Waals surface area contributed by atoms with Crippen LogP contribution in [0.5, 0.6) is 0 Å². The Kier molecular flexibility index (Phi) is 5.85. The van der Waals surface area contributed by atoms with E-state index < -0.39 is 30.0 Å². The molecule has 1 fully saturated rings. The van der Waals surface area contributed by atoms with Gasteiger partial charge in [0, 0.05) is 11.3 Å². The molecule has 1 aliphatic rings. The number of cyclic esters (lactones) is 1. The Balaban J connectivity index is 1.56. The largest absolute Gasteiger partial charge is 0.480 e. The molecular weight excluding hydrogens is 415 g/mol. The maximum atomic E-state index is 13.2. The molecule has 1 aliphatic heterocycles. The number of ether oxygens (including phenoxy) is 1. The van der Waals surface area contributed by atoms with Gasteiger partial charge in [-0.2, -0.15) is 0 Å². The van der Waals surface area contributed by atoms with E-state index in [0.29, 0.717) is 22.4 Å². The summed E-state index contributed by atoms with van der Waals surface area (Å²) >= 11 is 0. The number of carbonyl (C=O) groups excluding carboxylic acids is 2. The second kappa shape index (κ2) is 8.89. The lowest BCUT2D eigenvalue weighted by Gasteiger charge is -2.21. The minimum Gasteiger partial charge on any atom is -0.480 e. The van der Waals surface area contributed by atoms with Crippen LogP contribution in [-0.2, 0) is 16.1 Å². The van der Waals surface area contributed by atoms with Gasteiger partial charge in [-0.3, -0.25) is 9.69 Å². The van der Waals surface area contributed by atoms with E-state index in [4.69, 9.17) is 4.74 Å². The maximum absolute atomic E-state index is 13.2. The molecule has 8 heteroatoms. The van der Waals surface area contributed by atoms with Gasteiger partial charge in [0.1, 0.15) is 5.82 Å². The summed E-state index contributed by atoms with van der Waals surface area (Å²) in [4.78, 5) is 38.0. The second-order valence-electron chi connectivity index (χ2n) is 7.29. The Hall–Kier alpha value is -4.20. The highest BCUT2D eigenvalue weighted by Crippen LogP contribution is 2.35. The number of rotatable bonds is 6. The fourth-order valence-corrected chi connectivity index (χ4v) is 3.57. The highest BCUT2D eigenvalue weighted by Gasteiger charge is 2.47. The van der Waals surface area contributed by atoms with Crippen LogP contribution in [0, 0.1) is 5.82 Å². The Morgan fingerprint density at radius 2 is 1.72 bits per heavy atom. The molecule has 32 heavy (non-hydrogen) atoms. The number of nitrogens with one attached hydrogen (secondary N) is 1. The quantitative estimate of drug-likeness (QED) is 0.606. The average Bonchev–Trinajstić information content (AvgIpc) is 3.12. The summed E-state index contributed by atoms with van der Waals surface area (Å²) in [6.45, 7) is -0.0446. The zero-order valence-electron chi connectivity index (χ0n) is 16.8. The topological polar surface area (TPSA) is 95.9 Å². The maximum Gasteiger partial charge on any atom is 0.411 e. The number of amides is 2. The Morgan fingerprint density at radius 3 is 2.41 bits per heavy atom. The molecule has 4 rings (SSSR count). The van der Waals surface area contributed by atoms with Gasteiger partial charge in [0.25, 0.3) is 5.91 Å². The van der Waals surface area contributed by atoms with Gasteiger partial charge < -0.3 is 15.2 Å². The number of anilines is 1. The van der Waals surface area contributed by atoms with Crippen LogP contribution >= 0.6 is 0 Å². The monoisotopic (exact) mass is 434 g/mol. The average molecular weight is 434 g/mol. The third kappa shape index (κ3) is 4.44. The lowest BCUT2D eigenvalue weighted by Crippen LogP contribution is -2.39. The number of hydrogen-bond donors (Lipinski definition) is 2. The van der Waals surface area contributed by atoms with E-state index in [2.05, 4.69) is 5.32 Å². The van der Waals surface area contributed by atoms with Crippen LogP contribution in [0.25, 0.3) is 0 Å². The van der Waals surface area contributed by atoms with E-state index in [0.717, 1.165) is 4.90 Å². The molecule has 0 aromatic heterocycles. The lowest BCUT2D eigenvalue weighted by atomic mass is 10.0. The molecule has 0 aliphatic carbocycles. The molecule has 7 nitrogen and oxygen atoms in total. The number of benzene rings is 3. The fraction of sp³-hybridized carbons (Fsp3) is 0.125. The first-order chi connectivity index (χ1) is 15.4. The number of halogens is 1. The van der Waals surface area contributed by atoms with Crippen LogP contribution in [0.3, 0.4) is 0 Å². The van der Waals surface area contributed by atoms with Gasteiger partial charge in [-0.25, -0.2) is 14.0 Å². The van der Waals surface area contributed by atoms with Gasteiger partial charge in [-0.15, -0.1) is 0 Å². The molecule has 2 amide bonds. The Morgan fingerprint density at radius 1 is 1.00 bits per heavy atom. The van der Waals surface area contributed by atoms with Crippen LogP contribution in [0.1, 0.15) is 27.6 Å². The highest BCUT2D eigenvalue weighted by atomic mass is 19.1. The Bertz CT molecular complexity index is 1150. The number of carboxylic acid groups (broad SMARTS) is 1. The smallest absolute Gasteiger partial charge is 0.411 e. The van der Waals surface area contributed by atoms with Crippen molar-refractivity contribution in [3.05, 3.63) is 101 Å². The fourth-order valence-electron chi connectivity index (χ4n) is 3.57. The minimum absolute atomic E-state index is 0.0446. The molecule has 1 saturated heterocycles. The molecule has 2 unspecified atom stereocenters. The summed E-state index contributed by atoms with van der Waals surface area (Å²) in [7, 11) is 0. The highest BCUT2D eigenvalue weighted by molar-refractivity contribution is 6.04. The third-order valence-corrected chi connectivity index (χ3v) is 5.11. The van der Waals surface area contributed by atoms with Gasteiger partial charge in [0.15, 0.2) is 12.1 Å². The first-order valence-electron chi connectivity index (χ1n) is 9.83. The summed E-state index contributed by atoms with van der Waals surface area (Å²) in [5, 5.41) is 12.6. The normalized spacial score (nSPS) is 17.7. The van der Waals surface area contributed by atoms with Crippen LogP contribution in [0.4, 0.5) is 14.9 Å². The van der Waals surface area contributed by atoms with E-state index in [1.54, 1.807) is 54.6 Å². The molecule has 0 saturated carbocycles. The molecule has 2 N–H and O–H groups in total. The van der Waals surface area contributed by atoms with E-state index in [1.165, 1.54) is 24.3 Å². The van der Waals surface area contributed by atoms with Crippen molar-refractivity contribution in [2.24, 2.45) is 0 Å². The summed E-state index contributed by atoms with van der Waals surface area (Å²) in [6, 6.07) is 19.3. The summed E-state index contributed by atoms with van der Waals surface area (Å²) in [5.41, 5.74) is 1.91. The van der Waals surface area contributed by atoms with Crippen LogP contribution in [-0.4, -0.2) is 34.0 Å². The molecular formula is C24H19FN2O5. The van der Waals surface area contributed by atoms with Gasteiger partial charge in [0.2, 0.25) is 0 Å². The number of hydrogen-bond acceptors (Lipinski definition) is 4. The standard InChI is InChI=1S/C24H19FN2O5/c25-18-11-9-15(10-12-18)14-27-20(23(29)30)21(32-24(27)31)17-7-4-8-19(13-17)26-22(28)16-5-2-1-3-6-16/h1-13,20-21H,14H2,(H,26,28)(H,29,30). The van der Waals surface area contributed by atoms with Crippen molar-refractivity contribution >= 4 is 23.7 Å². The number of nitrogens with zero attached hydrogens (tertiary/aromatic N) is 1. The van der Waals surface area contributed by atoms with Crippen molar-refractivity contribution in [2.75, 3.05) is 5.32 Å². The summed E-state index contributed by atoms with van der Waals surface area (Å²) in [6.07, 6.45) is -1.86. The van der Waals surface area contributed by atoms with Crippen LogP contribution in [0.15, 0.2) is 78.9 Å². The molecule has 0 bridgehead atoms. The predicted octanol–water partition coefficient (Wildman–Crippen LogP) is 4.22. The van der Waals surface area contributed by atoms with Crippen molar-refractivity contribution in [3.8, 4) is 0 Å². The molecule has 1 heterocycles. The third-order valence-electron chi connectivity index (χ3n) is 5.11. The zero-order chi connectivity index (χ0) is 22.7. The molecule has 3 aromatic carbocycles. The predicted molar refractivity (Wildman–Crippen MR) is 113 cm³/mol. The number of carboxylic acids is 1. The molecule has 0 spiro atoms. The van der Waals surface area contributed by atoms with Crippen molar-refractivity contribution in [1.29, 1.82) is 0 Å². The molecule has 2 atom stereocenters. The Labute approximate surface area is 183 Å². The van der Waals surface area contributed by atoms with Crippen LogP contribution in [0.2, 0.25) is 0 Å². The number of carbonyl (C=O) groups is 3. The van der Waals surface area contributed by atoms with Crippen LogP contribution < -0.4 is 5.32 Å². The van der Waals surface area contributed by atoms with Gasteiger partial charge in [-0.05, 0) is 47.5 Å². The minimum atomic E-state index is -1.28. The van der Waals surface area contributed by atoms with E-state index in [9.17, 15) is 23.9 Å². The lowest BCUT2D eigenvalue weighted by molar-refractivity contribution is -0.143. The molecule has 162 valence electrons. The van der Waals surface area contributed by atoms with Crippen molar-refractivity contribution < 1.29 is 28.6 Å². The first kappa shape index (κ1) is 21.0. The summed E-state index contributed by atoms with van der Waals surface area (Å²) in [5.74, 6) is -1.99. The molecule has 0 radical (unpaired) electrons. The zero-order valence-corrected chi connectivity index (χ0v) is 16.8.